The molecule has 3 aromatic rings. The van der Waals surface area contributed by atoms with Gasteiger partial charge in [0.05, 0.1) is 18.4 Å². The fourth-order valence-electron chi connectivity index (χ4n) is 3.73. The van der Waals surface area contributed by atoms with Crippen molar-refractivity contribution >= 4 is 44.3 Å². The van der Waals surface area contributed by atoms with Crippen LogP contribution < -0.4 is 14.8 Å². The first-order chi connectivity index (χ1) is 16.7. The third-order valence-corrected chi connectivity index (χ3v) is 6.05. The van der Waals surface area contributed by atoms with E-state index < -0.39 is 42.6 Å². The molecule has 0 radical (unpaired) electrons. The smallest absolute Gasteiger partial charge is 0.335 e. The monoisotopic (exact) mass is 547 g/mol. The number of amides is 1. The lowest BCUT2D eigenvalue weighted by molar-refractivity contribution is -0.271. The molecule has 1 heterocycles. The van der Waals surface area contributed by atoms with Gasteiger partial charge in [-0.1, -0.05) is 34.1 Å². The van der Waals surface area contributed by atoms with Crippen LogP contribution in [0.2, 0.25) is 0 Å². The second kappa shape index (κ2) is 10.2. The molecule has 1 aliphatic rings. The highest BCUT2D eigenvalue weighted by molar-refractivity contribution is 9.10. The Kier molecular flexibility index (Phi) is 7.24. The van der Waals surface area contributed by atoms with E-state index >= 15 is 0 Å². The Morgan fingerprint density at radius 2 is 1.69 bits per heavy atom. The Balaban J connectivity index is 1.73. The van der Waals surface area contributed by atoms with Crippen molar-refractivity contribution in [3.63, 3.8) is 0 Å². The highest BCUT2D eigenvalue weighted by Crippen LogP contribution is 2.33. The fourth-order valence-corrected chi connectivity index (χ4v) is 4.11. The number of aliphatic carboxylic acids is 1. The summed E-state index contributed by atoms with van der Waals surface area (Å²) in [4.78, 5) is 24.7. The molecule has 1 aliphatic heterocycles. The van der Waals surface area contributed by atoms with Crippen LogP contribution in [0.3, 0.4) is 0 Å². The average Bonchev–Trinajstić information content (AvgIpc) is 2.84. The van der Waals surface area contributed by atoms with E-state index in [1.807, 2.05) is 0 Å². The number of benzene rings is 3. The van der Waals surface area contributed by atoms with Crippen LogP contribution in [0.25, 0.3) is 10.8 Å². The zero-order valence-electron chi connectivity index (χ0n) is 18.3. The van der Waals surface area contributed by atoms with Crippen molar-refractivity contribution in [2.24, 2.45) is 0 Å². The van der Waals surface area contributed by atoms with Gasteiger partial charge >= 0.3 is 5.97 Å². The topological polar surface area (TPSA) is 155 Å². The van der Waals surface area contributed by atoms with Crippen LogP contribution in [0, 0.1) is 0 Å². The molecule has 0 saturated carbocycles. The lowest BCUT2D eigenvalue weighted by Gasteiger charge is -2.38. The molecule has 1 amide bonds. The summed E-state index contributed by atoms with van der Waals surface area (Å²) in [6, 6.07) is 15.2. The number of carbonyl (C=O) groups is 2. The lowest BCUT2D eigenvalue weighted by atomic mass is 9.99. The van der Waals surface area contributed by atoms with Gasteiger partial charge in [0.2, 0.25) is 6.29 Å². The maximum atomic E-state index is 13.3. The number of carbonyl (C=O) groups excluding carboxylic acids is 1. The SMILES string of the molecule is COc1ccccc1NC(=O)c1cc2cc(Br)ccc2cc1O[C@@H]1O[C@@H](C(=O)O)[C@@H](O)[C@@H](O)[C@H]1O. The Hall–Kier alpha value is -3.22. The summed E-state index contributed by atoms with van der Waals surface area (Å²) in [5.74, 6) is -1.73. The third-order valence-electron chi connectivity index (χ3n) is 5.56. The third kappa shape index (κ3) is 5.09. The van der Waals surface area contributed by atoms with E-state index in [1.54, 1.807) is 48.5 Å². The van der Waals surface area contributed by atoms with Crippen LogP contribution in [0.5, 0.6) is 11.5 Å². The number of para-hydroxylation sites is 2. The van der Waals surface area contributed by atoms with E-state index in [1.165, 1.54) is 13.2 Å². The van der Waals surface area contributed by atoms with Gasteiger partial charge in [-0.15, -0.1) is 0 Å². The first-order valence-corrected chi connectivity index (χ1v) is 11.3. The molecular formula is C24H22BrNO9. The predicted molar refractivity (Wildman–Crippen MR) is 128 cm³/mol. The zero-order valence-corrected chi connectivity index (χ0v) is 19.9. The molecule has 0 bridgehead atoms. The number of rotatable bonds is 6. The second-order valence-electron chi connectivity index (χ2n) is 7.85. The maximum Gasteiger partial charge on any atom is 0.335 e. The second-order valence-corrected chi connectivity index (χ2v) is 8.76. The summed E-state index contributed by atoms with van der Waals surface area (Å²) in [5.41, 5.74) is 0.448. The average molecular weight is 548 g/mol. The largest absolute Gasteiger partial charge is 0.495 e. The molecule has 5 atom stereocenters. The molecule has 4 rings (SSSR count). The highest BCUT2D eigenvalue weighted by atomic mass is 79.9. The summed E-state index contributed by atoms with van der Waals surface area (Å²) < 4.78 is 17.0. The van der Waals surface area contributed by atoms with E-state index in [0.717, 1.165) is 4.47 Å². The van der Waals surface area contributed by atoms with Crippen LogP contribution in [0.1, 0.15) is 10.4 Å². The molecule has 3 aromatic carbocycles. The zero-order chi connectivity index (χ0) is 25.3. The van der Waals surface area contributed by atoms with E-state index in [9.17, 15) is 30.0 Å². The Labute approximate surface area is 207 Å². The van der Waals surface area contributed by atoms with Crippen molar-refractivity contribution in [2.45, 2.75) is 30.7 Å². The van der Waals surface area contributed by atoms with Gasteiger partial charge < -0.3 is 40.0 Å². The normalized spacial score (nSPS) is 24.1. The number of nitrogens with one attached hydrogen (secondary N) is 1. The van der Waals surface area contributed by atoms with Crippen LogP contribution in [-0.4, -0.2) is 70.1 Å². The lowest BCUT2D eigenvalue weighted by Crippen LogP contribution is -2.61. The summed E-state index contributed by atoms with van der Waals surface area (Å²) in [5, 5.41) is 43.9. The quantitative estimate of drug-likeness (QED) is 0.312. The molecule has 10 nitrogen and oxygen atoms in total. The fraction of sp³-hybridized carbons (Fsp3) is 0.250. The molecule has 184 valence electrons. The molecule has 1 saturated heterocycles. The summed E-state index contributed by atoms with van der Waals surface area (Å²) >= 11 is 3.40. The van der Waals surface area contributed by atoms with Crippen LogP contribution >= 0.6 is 15.9 Å². The van der Waals surface area contributed by atoms with Crippen molar-refractivity contribution in [2.75, 3.05) is 12.4 Å². The van der Waals surface area contributed by atoms with E-state index in [4.69, 9.17) is 14.2 Å². The minimum absolute atomic E-state index is 0.0380. The van der Waals surface area contributed by atoms with Gasteiger partial charge in [0.15, 0.2) is 6.10 Å². The highest BCUT2D eigenvalue weighted by Gasteiger charge is 2.48. The number of anilines is 1. The van der Waals surface area contributed by atoms with E-state index in [-0.39, 0.29) is 11.3 Å². The van der Waals surface area contributed by atoms with E-state index in [0.29, 0.717) is 22.2 Å². The molecule has 0 aromatic heterocycles. The van der Waals surface area contributed by atoms with Gasteiger partial charge in [0.1, 0.15) is 29.8 Å². The van der Waals surface area contributed by atoms with Gasteiger partial charge in [-0.2, -0.15) is 0 Å². The molecular weight excluding hydrogens is 526 g/mol. The summed E-state index contributed by atoms with van der Waals surface area (Å²) in [6.45, 7) is 0. The van der Waals surface area contributed by atoms with Crippen LogP contribution in [0.4, 0.5) is 5.69 Å². The molecule has 35 heavy (non-hydrogen) atoms. The van der Waals surface area contributed by atoms with Crippen molar-refractivity contribution in [1.82, 2.24) is 0 Å². The van der Waals surface area contributed by atoms with Crippen molar-refractivity contribution in [3.8, 4) is 11.5 Å². The predicted octanol–water partition coefficient (Wildman–Crippen LogP) is 2.13. The van der Waals surface area contributed by atoms with Crippen molar-refractivity contribution < 1.29 is 44.2 Å². The Morgan fingerprint density at radius 3 is 2.40 bits per heavy atom. The van der Waals surface area contributed by atoms with Gasteiger partial charge in [0, 0.05) is 4.47 Å². The first-order valence-electron chi connectivity index (χ1n) is 10.5. The van der Waals surface area contributed by atoms with E-state index in [2.05, 4.69) is 21.2 Å². The maximum absolute atomic E-state index is 13.3. The number of aliphatic hydroxyl groups excluding tert-OH is 3. The Bertz CT molecular complexity index is 1270. The minimum Gasteiger partial charge on any atom is -0.495 e. The number of aliphatic hydroxyl groups is 3. The van der Waals surface area contributed by atoms with Gasteiger partial charge in [-0.05, 0) is 47.2 Å². The number of fused-ring (bicyclic) bond motifs is 1. The summed E-state index contributed by atoms with van der Waals surface area (Å²) in [6.07, 6.45) is -9.03. The summed E-state index contributed by atoms with van der Waals surface area (Å²) in [7, 11) is 1.47. The van der Waals surface area contributed by atoms with Gasteiger partial charge in [0.25, 0.3) is 5.91 Å². The van der Waals surface area contributed by atoms with Gasteiger partial charge in [-0.3, -0.25) is 4.79 Å². The molecule has 0 spiro atoms. The number of halogens is 1. The molecule has 11 heteroatoms. The molecule has 0 aliphatic carbocycles. The van der Waals surface area contributed by atoms with Crippen LogP contribution in [-0.2, 0) is 9.53 Å². The molecule has 5 N–H and O–H groups in total. The molecule has 0 unspecified atom stereocenters. The number of hydrogen-bond acceptors (Lipinski definition) is 8. The Morgan fingerprint density at radius 1 is 0.943 bits per heavy atom. The van der Waals surface area contributed by atoms with Gasteiger partial charge in [-0.25, -0.2) is 4.79 Å². The number of hydrogen-bond donors (Lipinski definition) is 5. The van der Waals surface area contributed by atoms with Crippen molar-refractivity contribution in [1.29, 1.82) is 0 Å². The standard InChI is InChI=1S/C24H22BrNO9/c1-33-16-5-3-2-4-15(16)26-22(30)14-9-12-8-13(25)7-6-11(12)10-17(14)34-24-20(29)18(27)19(28)21(35-24)23(31)32/h2-10,18-21,24,27-29H,1H3,(H,26,30)(H,31,32)/t18-,19+,20-,21-,24-/m1/s1. The number of methoxy groups -OCH3 is 1. The number of carboxylic acids is 1. The molecule has 1 fully saturated rings. The van der Waals surface area contributed by atoms with Crippen LogP contribution in [0.15, 0.2) is 59.1 Å². The number of ether oxygens (including phenoxy) is 3. The van der Waals surface area contributed by atoms with Crippen molar-refractivity contribution in [3.05, 3.63) is 64.6 Å². The number of carboxylic acid groups (broad SMARTS) is 1. The minimum atomic E-state index is -1.87. The first kappa shape index (κ1) is 24.9.